The molecule has 126 valence electrons. The topological polar surface area (TPSA) is 64.0 Å². The minimum Gasteiger partial charge on any atom is -0.324 e. The standard InChI is InChI=1S/C18H13Br2N3O2/c19-13-6-4-12(5-7-13)16-8-9-18(25)23(22-16)11-17(24)21-15-3-1-2-14(20)10-15/h1-10H,11H2,(H,21,24). The smallest absolute Gasteiger partial charge is 0.267 e. The molecule has 1 heterocycles. The predicted octanol–water partition coefficient (Wildman–Crippen LogP) is 4.07. The van der Waals surface area contributed by atoms with Gasteiger partial charge in [-0.15, -0.1) is 0 Å². The van der Waals surface area contributed by atoms with Crippen molar-refractivity contribution in [1.29, 1.82) is 0 Å². The predicted molar refractivity (Wildman–Crippen MR) is 104 cm³/mol. The van der Waals surface area contributed by atoms with E-state index in [1.165, 1.54) is 6.07 Å². The zero-order valence-corrected chi connectivity index (χ0v) is 16.1. The first kappa shape index (κ1) is 17.6. The zero-order chi connectivity index (χ0) is 17.8. The van der Waals surface area contributed by atoms with Crippen molar-refractivity contribution in [1.82, 2.24) is 9.78 Å². The number of aromatic nitrogens is 2. The lowest BCUT2D eigenvalue weighted by molar-refractivity contribution is -0.117. The average Bonchev–Trinajstić information content (AvgIpc) is 2.57. The van der Waals surface area contributed by atoms with Gasteiger partial charge in [-0.05, 0) is 36.4 Å². The van der Waals surface area contributed by atoms with Gasteiger partial charge < -0.3 is 5.32 Å². The van der Waals surface area contributed by atoms with Crippen molar-refractivity contribution in [2.24, 2.45) is 0 Å². The van der Waals surface area contributed by atoms with E-state index < -0.39 is 0 Å². The molecule has 0 spiro atoms. The van der Waals surface area contributed by atoms with Gasteiger partial charge in [0, 0.05) is 26.3 Å². The molecule has 5 nitrogen and oxygen atoms in total. The van der Waals surface area contributed by atoms with E-state index >= 15 is 0 Å². The number of anilines is 1. The quantitative estimate of drug-likeness (QED) is 0.635. The molecule has 3 rings (SSSR count). The summed E-state index contributed by atoms with van der Waals surface area (Å²) in [6, 6.07) is 17.9. The number of nitrogens with zero attached hydrogens (tertiary/aromatic N) is 2. The Hall–Kier alpha value is -2.25. The second kappa shape index (κ2) is 7.76. The Morgan fingerprint density at radius 3 is 2.48 bits per heavy atom. The third-order valence-electron chi connectivity index (χ3n) is 3.41. The van der Waals surface area contributed by atoms with Crippen molar-refractivity contribution >= 4 is 43.5 Å². The summed E-state index contributed by atoms with van der Waals surface area (Å²) >= 11 is 6.73. The molecule has 25 heavy (non-hydrogen) atoms. The van der Waals surface area contributed by atoms with E-state index in [2.05, 4.69) is 42.3 Å². The molecule has 3 aromatic rings. The Balaban J connectivity index is 1.80. The van der Waals surface area contributed by atoms with Gasteiger partial charge in [0.2, 0.25) is 5.91 Å². The van der Waals surface area contributed by atoms with Crippen LogP contribution in [0.4, 0.5) is 5.69 Å². The van der Waals surface area contributed by atoms with Crippen LogP contribution in [0.1, 0.15) is 0 Å². The fourth-order valence-electron chi connectivity index (χ4n) is 2.24. The monoisotopic (exact) mass is 461 g/mol. The van der Waals surface area contributed by atoms with Crippen LogP contribution < -0.4 is 10.9 Å². The fourth-order valence-corrected chi connectivity index (χ4v) is 2.90. The summed E-state index contributed by atoms with van der Waals surface area (Å²) in [4.78, 5) is 24.2. The van der Waals surface area contributed by atoms with Crippen LogP contribution in [0.25, 0.3) is 11.3 Å². The number of benzene rings is 2. The summed E-state index contributed by atoms with van der Waals surface area (Å²) < 4.78 is 2.97. The number of rotatable bonds is 4. The molecule has 0 aliphatic heterocycles. The molecule has 0 radical (unpaired) electrons. The van der Waals surface area contributed by atoms with Crippen LogP contribution in [-0.4, -0.2) is 15.7 Å². The molecular weight excluding hydrogens is 450 g/mol. The number of halogens is 2. The highest BCUT2D eigenvalue weighted by Gasteiger charge is 2.09. The molecule has 0 aliphatic carbocycles. The van der Waals surface area contributed by atoms with E-state index in [1.807, 2.05) is 36.4 Å². The molecule has 1 amide bonds. The van der Waals surface area contributed by atoms with Gasteiger partial charge in [0.15, 0.2) is 0 Å². The molecule has 0 aliphatic rings. The molecule has 1 N–H and O–H groups in total. The van der Waals surface area contributed by atoms with Gasteiger partial charge in [0.1, 0.15) is 6.54 Å². The maximum absolute atomic E-state index is 12.2. The van der Waals surface area contributed by atoms with Gasteiger partial charge in [0.05, 0.1) is 5.69 Å². The van der Waals surface area contributed by atoms with Crippen molar-refractivity contribution in [2.75, 3.05) is 5.32 Å². The minimum absolute atomic E-state index is 0.157. The third kappa shape index (κ3) is 4.64. The van der Waals surface area contributed by atoms with Gasteiger partial charge in [-0.2, -0.15) is 5.10 Å². The Labute approximate surface area is 161 Å². The number of hydrogen-bond donors (Lipinski definition) is 1. The highest BCUT2D eigenvalue weighted by Crippen LogP contribution is 2.19. The normalized spacial score (nSPS) is 10.5. The molecule has 1 aromatic heterocycles. The summed E-state index contributed by atoms with van der Waals surface area (Å²) in [5.74, 6) is -0.319. The average molecular weight is 463 g/mol. The lowest BCUT2D eigenvalue weighted by atomic mass is 10.1. The minimum atomic E-state index is -0.328. The second-order valence-electron chi connectivity index (χ2n) is 5.28. The van der Waals surface area contributed by atoms with Gasteiger partial charge in [-0.1, -0.05) is 50.1 Å². The van der Waals surface area contributed by atoms with Crippen LogP contribution in [0, 0.1) is 0 Å². The molecule has 0 fully saturated rings. The van der Waals surface area contributed by atoms with Crippen molar-refractivity contribution in [3.05, 3.63) is 80.0 Å². The summed E-state index contributed by atoms with van der Waals surface area (Å²) in [7, 11) is 0. The Morgan fingerprint density at radius 2 is 1.76 bits per heavy atom. The number of amides is 1. The van der Waals surface area contributed by atoms with Gasteiger partial charge in [0.25, 0.3) is 5.56 Å². The molecule has 0 saturated heterocycles. The maximum atomic E-state index is 12.2. The maximum Gasteiger partial charge on any atom is 0.267 e. The van der Waals surface area contributed by atoms with E-state index in [0.717, 1.165) is 19.2 Å². The highest BCUT2D eigenvalue weighted by atomic mass is 79.9. The van der Waals surface area contributed by atoms with Gasteiger partial charge in [-0.25, -0.2) is 4.68 Å². The van der Waals surface area contributed by atoms with Crippen LogP contribution in [0.3, 0.4) is 0 Å². The van der Waals surface area contributed by atoms with Crippen molar-refractivity contribution in [3.63, 3.8) is 0 Å². The number of carbonyl (C=O) groups is 1. The molecule has 0 bridgehead atoms. The highest BCUT2D eigenvalue weighted by molar-refractivity contribution is 9.10. The first-order chi connectivity index (χ1) is 12.0. The molecule has 7 heteroatoms. The van der Waals surface area contributed by atoms with Crippen LogP contribution in [0.15, 0.2) is 74.4 Å². The summed E-state index contributed by atoms with van der Waals surface area (Å²) in [5, 5.41) is 7.04. The molecule has 0 saturated carbocycles. The van der Waals surface area contributed by atoms with Gasteiger partial charge in [-0.3, -0.25) is 9.59 Å². The van der Waals surface area contributed by atoms with E-state index in [1.54, 1.807) is 18.2 Å². The van der Waals surface area contributed by atoms with Crippen LogP contribution in [0.5, 0.6) is 0 Å². The molecule has 0 unspecified atom stereocenters. The van der Waals surface area contributed by atoms with Crippen molar-refractivity contribution in [3.8, 4) is 11.3 Å². The summed E-state index contributed by atoms with van der Waals surface area (Å²) in [5.41, 5.74) is 1.81. The van der Waals surface area contributed by atoms with Crippen LogP contribution in [-0.2, 0) is 11.3 Å². The summed E-state index contributed by atoms with van der Waals surface area (Å²) in [6.07, 6.45) is 0. The van der Waals surface area contributed by atoms with E-state index in [-0.39, 0.29) is 18.0 Å². The third-order valence-corrected chi connectivity index (χ3v) is 4.43. The Bertz CT molecular complexity index is 969. The lowest BCUT2D eigenvalue weighted by Gasteiger charge is -2.08. The van der Waals surface area contributed by atoms with Crippen LogP contribution in [0.2, 0.25) is 0 Å². The first-order valence-electron chi connectivity index (χ1n) is 7.41. The van der Waals surface area contributed by atoms with E-state index in [9.17, 15) is 9.59 Å². The number of hydrogen-bond acceptors (Lipinski definition) is 3. The van der Waals surface area contributed by atoms with E-state index in [0.29, 0.717) is 11.4 Å². The van der Waals surface area contributed by atoms with E-state index in [4.69, 9.17) is 0 Å². The summed E-state index contributed by atoms with van der Waals surface area (Å²) in [6.45, 7) is -0.157. The Morgan fingerprint density at radius 1 is 1.00 bits per heavy atom. The SMILES string of the molecule is O=C(Cn1nc(-c2ccc(Br)cc2)ccc1=O)Nc1cccc(Br)c1. The second-order valence-corrected chi connectivity index (χ2v) is 7.11. The molecule has 0 atom stereocenters. The zero-order valence-electron chi connectivity index (χ0n) is 12.9. The number of nitrogens with one attached hydrogen (secondary N) is 1. The van der Waals surface area contributed by atoms with Crippen molar-refractivity contribution < 1.29 is 4.79 Å². The molecule has 2 aromatic carbocycles. The number of carbonyl (C=O) groups excluding carboxylic acids is 1. The lowest BCUT2D eigenvalue weighted by Crippen LogP contribution is -2.29. The Kier molecular flexibility index (Phi) is 5.45. The first-order valence-corrected chi connectivity index (χ1v) is 8.99. The largest absolute Gasteiger partial charge is 0.324 e. The molecular formula is C18H13Br2N3O2. The van der Waals surface area contributed by atoms with Gasteiger partial charge >= 0.3 is 0 Å². The van der Waals surface area contributed by atoms with Crippen molar-refractivity contribution in [2.45, 2.75) is 6.54 Å². The van der Waals surface area contributed by atoms with Crippen LogP contribution >= 0.6 is 31.9 Å². The fraction of sp³-hybridized carbons (Fsp3) is 0.0556.